The van der Waals surface area contributed by atoms with Crippen LogP contribution in [0, 0.1) is 18.3 Å². The topological polar surface area (TPSA) is 97.1 Å². The molecule has 0 N–H and O–H groups in total. The number of furan rings is 1. The molecule has 0 radical (unpaired) electrons. The Balaban J connectivity index is 1.49. The molecule has 30 heavy (non-hydrogen) atoms. The van der Waals surface area contributed by atoms with Gasteiger partial charge < -0.3 is 8.83 Å². The van der Waals surface area contributed by atoms with Gasteiger partial charge >= 0.3 is 0 Å². The average molecular weight is 415 g/mol. The molecule has 0 saturated carbocycles. The molecule has 4 aromatic rings. The number of carbonyl (C=O) groups is 2. The van der Waals surface area contributed by atoms with Gasteiger partial charge in [-0.1, -0.05) is 11.6 Å². The van der Waals surface area contributed by atoms with Crippen molar-refractivity contribution >= 4 is 40.5 Å². The van der Waals surface area contributed by atoms with E-state index in [9.17, 15) is 9.59 Å². The number of nitriles is 1. The van der Waals surface area contributed by atoms with Crippen LogP contribution in [-0.4, -0.2) is 16.6 Å². The number of aromatic nitrogens is 1. The highest BCUT2D eigenvalue weighted by molar-refractivity contribution is 6.42. The van der Waals surface area contributed by atoms with Crippen molar-refractivity contribution in [2.75, 3.05) is 0 Å². The van der Waals surface area contributed by atoms with E-state index in [4.69, 9.17) is 25.7 Å². The van der Waals surface area contributed by atoms with Crippen molar-refractivity contribution in [1.82, 2.24) is 4.98 Å². The summed E-state index contributed by atoms with van der Waals surface area (Å²) in [5.74, 6) is -0.127. The van der Waals surface area contributed by atoms with Gasteiger partial charge in [-0.25, -0.2) is 0 Å². The van der Waals surface area contributed by atoms with E-state index in [1.807, 2.05) is 0 Å². The lowest BCUT2D eigenvalue weighted by atomic mass is 10.1. The Morgan fingerprint density at radius 3 is 2.40 bits per heavy atom. The van der Waals surface area contributed by atoms with Gasteiger partial charge in [0.2, 0.25) is 5.89 Å². The van der Waals surface area contributed by atoms with Crippen molar-refractivity contribution in [3.8, 4) is 17.5 Å². The number of ketones is 2. The molecule has 5 rings (SSSR count). The molecule has 2 aromatic carbocycles. The van der Waals surface area contributed by atoms with Crippen LogP contribution in [0.3, 0.4) is 0 Å². The first-order valence-corrected chi connectivity index (χ1v) is 9.34. The highest BCUT2D eigenvalue weighted by atomic mass is 35.5. The average Bonchev–Trinajstić information content (AvgIpc) is 3.37. The van der Waals surface area contributed by atoms with E-state index >= 15 is 0 Å². The third-order valence-electron chi connectivity index (χ3n) is 4.93. The maximum absolute atomic E-state index is 12.7. The number of benzene rings is 2. The monoisotopic (exact) mass is 414 g/mol. The molecule has 2 aromatic heterocycles. The second-order valence-corrected chi connectivity index (χ2v) is 7.30. The minimum Gasteiger partial charge on any atom is -0.436 e. The van der Waals surface area contributed by atoms with Gasteiger partial charge in [-0.15, -0.1) is 0 Å². The SMILES string of the molecule is Cc1cc2c(cc1Cl)C(=O)/C(=C/c1cc3oc(-c4ccc(C#N)cc4)nc3o1)C2=O. The minimum absolute atomic E-state index is 0.00962. The molecule has 0 saturated heterocycles. The Bertz CT molecular complexity index is 1370. The molecule has 7 heteroatoms. The van der Waals surface area contributed by atoms with Gasteiger partial charge in [0.15, 0.2) is 17.1 Å². The van der Waals surface area contributed by atoms with Crippen LogP contribution in [0.4, 0.5) is 0 Å². The second-order valence-electron chi connectivity index (χ2n) is 6.89. The Labute approximate surface area is 175 Å². The van der Waals surface area contributed by atoms with E-state index in [1.54, 1.807) is 43.3 Å². The van der Waals surface area contributed by atoms with Crippen LogP contribution in [0.1, 0.15) is 37.6 Å². The zero-order chi connectivity index (χ0) is 21.0. The van der Waals surface area contributed by atoms with Gasteiger partial charge in [-0.05, 0) is 55.0 Å². The molecule has 144 valence electrons. The summed E-state index contributed by atoms with van der Waals surface area (Å²) in [6.45, 7) is 1.78. The van der Waals surface area contributed by atoms with Gasteiger partial charge in [-0.3, -0.25) is 9.59 Å². The molecule has 0 atom stereocenters. The van der Waals surface area contributed by atoms with Crippen molar-refractivity contribution in [3.63, 3.8) is 0 Å². The van der Waals surface area contributed by atoms with E-state index in [1.165, 1.54) is 12.1 Å². The lowest BCUT2D eigenvalue weighted by Gasteiger charge is -2.00. The second kappa shape index (κ2) is 6.55. The van der Waals surface area contributed by atoms with Gasteiger partial charge in [0, 0.05) is 27.8 Å². The number of rotatable bonds is 2. The van der Waals surface area contributed by atoms with Crippen LogP contribution in [0.5, 0.6) is 0 Å². The number of oxazole rings is 1. The van der Waals surface area contributed by atoms with Gasteiger partial charge in [0.1, 0.15) is 5.76 Å². The van der Waals surface area contributed by atoms with E-state index in [-0.39, 0.29) is 22.8 Å². The molecular weight excluding hydrogens is 404 g/mol. The van der Waals surface area contributed by atoms with Crippen molar-refractivity contribution < 1.29 is 18.4 Å². The molecule has 1 aliphatic rings. The minimum atomic E-state index is -0.392. The molecular formula is C23H11ClN2O4. The van der Waals surface area contributed by atoms with Crippen LogP contribution in [0.25, 0.3) is 28.8 Å². The number of halogens is 1. The Hall–Kier alpha value is -3.95. The maximum atomic E-state index is 12.7. The lowest BCUT2D eigenvalue weighted by Crippen LogP contribution is -1.99. The molecule has 6 nitrogen and oxygen atoms in total. The first kappa shape index (κ1) is 18.1. The van der Waals surface area contributed by atoms with Gasteiger partial charge in [0.25, 0.3) is 5.71 Å². The number of hydrogen-bond acceptors (Lipinski definition) is 6. The first-order chi connectivity index (χ1) is 14.4. The van der Waals surface area contributed by atoms with Crippen molar-refractivity contribution in [1.29, 1.82) is 5.26 Å². The first-order valence-electron chi connectivity index (χ1n) is 8.97. The summed E-state index contributed by atoms with van der Waals surface area (Å²) in [4.78, 5) is 29.7. The number of carbonyl (C=O) groups excluding carboxylic acids is 2. The molecule has 1 aliphatic carbocycles. The number of nitrogens with zero attached hydrogens (tertiary/aromatic N) is 2. The summed E-state index contributed by atoms with van der Waals surface area (Å²) in [6.07, 6.45) is 1.40. The van der Waals surface area contributed by atoms with E-state index < -0.39 is 5.78 Å². The number of hydrogen-bond donors (Lipinski definition) is 0. The fourth-order valence-electron chi connectivity index (χ4n) is 3.36. The zero-order valence-electron chi connectivity index (χ0n) is 15.5. The summed E-state index contributed by atoms with van der Waals surface area (Å²) in [6, 6.07) is 13.6. The maximum Gasteiger partial charge on any atom is 0.266 e. The highest BCUT2D eigenvalue weighted by Crippen LogP contribution is 2.33. The molecule has 0 unspecified atom stereocenters. The van der Waals surface area contributed by atoms with E-state index in [0.717, 1.165) is 5.56 Å². The van der Waals surface area contributed by atoms with Crippen LogP contribution in [0.15, 0.2) is 56.9 Å². The van der Waals surface area contributed by atoms with Gasteiger partial charge in [-0.2, -0.15) is 10.2 Å². The van der Waals surface area contributed by atoms with Gasteiger partial charge in [0.05, 0.1) is 17.2 Å². The fraction of sp³-hybridized carbons (Fsp3) is 0.0435. The van der Waals surface area contributed by atoms with E-state index in [0.29, 0.717) is 38.8 Å². The van der Waals surface area contributed by atoms with Crippen LogP contribution in [-0.2, 0) is 0 Å². The lowest BCUT2D eigenvalue weighted by molar-refractivity contribution is 0.0990. The predicted molar refractivity (Wildman–Crippen MR) is 109 cm³/mol. The third kappa shape index (κ3) is 2.76. The zero-order valence-corrected chi connectivity index (χ0v) is 16.3. The van der Waals surface area contributed by atoms with Crippen molar-refractivity contribution in [3.05, 3.63) is 81.1 Å². The number of allylic oxidation sites excluding steroid dienone is 1. The number of fused-ring (bicyclic) bond motifs is 2. The molecule has 0 amide bonds. The van der Waals surface area contributed by atoms with E-state index in [2.05, 4.69) is 11.1 Å². The number of Topliss-reactive ketones (excluding diaryl/α,β-unsaturated/α-hetero) is 2. The predicted octanol–water partition coefficient (Wildman–Crippen LogP) is 5.38. The molecule has 0 aliphatic heterocycles. The normalized spacial score (nSPS) is 14.5. The Morgan fingerprint density at radius 1 is 1.03 bits per heavy atom. The largest absolute Gasteiger partial charge is 0.436 e. The van der Waals surface area contributed by atoms with Crippen LogP contribution in [0.2, 0.25) is 5.02 Å². The summed E-state index contributed by atoms with van der Waals surface area (Å²) < 4.78 is 11.4. The Kier molecular flexibility index (Phi) is 3.95. The van der Waals surface area contributed by atoms with Crippen molar-refractivity contribution in [2.24, 2.45) is 0 Å². The molecule has 0 bridgehead atoms. The quantitative estimate of drug-likeness (QED) is 0.322. The van der Waals surface area contributed by atoms with Crippen LogP contribution >= 0.6 is 11.6 Å². The summed E-state index contributed by atoms with van der Waals surface area (Å²) in [5.41, 5.74) is 3.23. The smallest absolute Gasteiger partial charge is 0.266 e. The highest BCUT2D eigenvalue weighted by Gasteiger charge is 2.34. The summed E-state index contributed by atoms with van der Waals surface area (Å²) in [7, 11) is 0. The van der Waals surface area contributed by atoms with Crippen molar-refractivity contribution in [2.45, 2.75) is 6.92 Å². The molecule has 0 fully saturated rings. The third-order valence-corrected chi connectivity index (χ3v) is 5.34. The standard InChI is InChI=1S/C23H11ClN2O4/c1-11-6-15-16(9-18(11)24)21(28)17(20(15)27)7-14-8-19-23(29-14)26-22(30-19)13-4-2-12(10-25)3-5-13/h2-9H,1H3/b17-7+. The summed E-state index contributed by atoms with van der Waals surface area (Å²) >= 11 is 6.10. The Morgan fingerprint density at radius 2 is 1.73 bits per heavy atom. The molecule has 2 heterocycles. The fourth-order valence-corrected chi connectivity index (χ4v) is 3.52. The molecule has 0 spiro atoms. The van der Waals surface area contributed by atoms with Crippen LogP contribution < -0.4 is 0 Å². The summed E-state index contributed by atoms with van der Waals surface area (Å²) in [5, 5.41) is 9.32. The number of aryl methyl sites for hydroxylation is 1.